The molecule has 0 saturated heterocycles. The van der Waals surface area contributed by atoms with Crippen LogP contribution in [0, 0.1) is 6.92 Å². The van der Waals surface area contributed by atoms with Gasteiger partial charge in [-0.3, -0.25) is 9.13 Å². The number of aromatic amines is 1. The van der Waals surface area contributed by atoms with E-state index >= 15 is 0 Å². The number of nitrogens with one attached hydrogen (secondary N) is 1. The monoisotopic (exact) mass is 470 g/mol. The highest BCUT2D eigenvalue weighted by Gasteiger charge is 2.24. The summed E-state index contributed by atoms with van der Waals surface area (Å²) in [6.45, 7) is 4.88. The molecule has 0 amide bonds. The summed E-state index contributed by atoms with van der Waals surface area (Å²) in [4.78, 5) is 13.8. The van der Waals surface area contributed by atoms with Gasteiger partial charge in [-0.25, -0.2) is 4.79 Å². The Morgan fingerprint density at radius 2 is 1.83 bits per heavy atom. The molecule has 7 nitrogen and oxygen atoms in total. The van der Waals surface area contributed by atoms with E-state index in [0.717, 1.165) is 60.1 Å². The fourth-order valence-corrected chi connectivity index (χ4v) is 5.52. The molecule has 1 aliphatic carbocycles. The molecule has 0 spiro atoms. The van der Waals surface area contributed by atoms with E-state index in [9.17, 15) is 4.79 Å². The quantitative estimate of drug-likeness (QED) is 0.358. The Morgan fingerprint density at radius 1 is 1.03 bits per heavy atom. The predicted octanol–water partition coefficient (Wildman–Crippen LogP) is 5.70. The highest BCUT2D eigenvalue weighted by molar-refractivity contribution is 5.80. The van der Waals surface area contributed by atoms with Crippen molar-refractivity contribution in [3.05, 3.63) is 76.0 Å². The van der Waals surface area contributed by atoms with E-state index in [0.29, 0.717) is 18.4 Å². The Bertz CT molecular complexity index is 1310. The standard InChI is InChI=1S/C28H34N6O/c1-3-4-15-26-20(2)34(23-13-9-6-10-14-23)28(35)33(26)19-21-16-17-24(22-11-7-5-8-12-22)25(18-21)27-29-31-32-30-27/h5,7-8,11-12,16-18,23H,3-4,6,9-10,13-15,19H2,1-2H3,(H,29,30,31,32). The molecular formula is C28H34N6O. The molecule has 182 valence electrons. The van der Waals surface area contributed by atoms with Crippen LogP contribution in [-0.2, 0) is 13.0 Å². The van der Waals surface area contributed by atoms with Gasteiger partial charge in [0.25, 0.3) is 0 Å². The van der Waals surface area contributed by atoms with Crippen LogP contribution in [0.2, 0.25) is 0 Å². The van der Waals surface area contributed by atoms with Gasteiger partial charge in [0.05, 0.1) is 6.54 Å². The van der Waals surface area contributed by atoms with Crippen molar-refractivity contribution in [2.75, 3.05) is 0 Å². The molecular weight excluding hydrogens is 436 g/mol. The number of rotatable bonds is 8. The molecule has 0 radical (unpaired) electrons. The van der Waals surface area contributed by atoms with Crippen LogP contribution >= 0.6 is 0 Å². The van der Waals surface area contributed by atoms with Gasteiger partial charge in [0.15, 0.2) is 0 Å². The summed E-state index contributed by atoms with van der Waals surface area (Å²) >= 11 is 0. The molecule has 7 heteroatoms. The topological polar surface area (TPSA) is 81.4 Å². The third-order valence-corrected chi connectivity index (χ3v) is 7.34. The van der Waals surface area contributed by atoms with Gasteiger partial charge in [-0.2, -0.15) is 5.21 Å². The second-order valence-electron chi connectivity index (χ2n) is 9.65. The molecule has 1 fully saturated rings. The van der Waals surface area contributed by atoms with Gasteiger partial charge in [0.2, 0.25) is 5.82 Å². The van der Waals surface area contributed by atoms with Crippen molar-refractivity contribution in [3.63, 3.8) is 0 Å². The average molecular weight is 471 g/mol. The van der Waals surface area contributed by atoms with E-state index in [1.807, 2.05) is 22.8 Å². The highest BCUT2D eigenvalue weighted by atomic mass is 16.1. The molecule has 2 aromatic carbocycles. The predicted molar refractivity (Wildman–Crippen MR) is 138 cm³/mol. The van der Waals surface area contributed by atoms with Gasteiger partial charge in [-0.05, 0) is 60.6 Å². The van der Waals surface area contributed by atoms with Crippen molar-refractivity contribution >= 4 is 0 Å². The van der Waals surface area contributed by atoms with Crippen LogP contribution in [0.1, 0.15) is 74.9 Å². The Morgan fingerprint density at radius 3 is 2.54 bits per heavy atom. The minimum absolute atomic E-state index is 0.133. The molecule has 0 atom stereocenters. The first-order chi connectivity index (χ1) is 17.2. The number of imidazole rings is 1. The first kappa shape index (κ1) is 23.3. The highest BCUT2D eigenvalue weighted by Crippen LogP contribution is 2.32. The number of aromatic nitrogens is 6. The zero-order valence-corrected chi connectivity index (χ0v) is 20.7. The molecule has 2 heterocycles. The van der Waals surface area contributed by atoms with Crippen LogP contribution in [-0.4, -0.2) is 29.8 Å². The van der Waals surface area contributed by atoms with Gasteiger partial charge in [-0.15, -0.1) is 10.2 Å². The zero-order valence-electron chi connectivity index (χ0n) is 20.7. The first-order valence-electron chi connectivity index (χ1n) is 12.9. The van der Waals surface area contributed by atoms with Gasteiger partial charge in [0.1, 0.15) is 0 Å². The van der Waals surface area contributed by atoms with Crippen molar-refractivity contribution in [2.24, 2.45) is 0 Å². The molecule has 2 aromatic heterocycles. The van der Waals surface area contributed by atoms with Crippen molar-refractivity contribution in [1.29, 1.82) is 0 Å². The lowest BCUT2D eigenvalue weighted by molar-refractivity contribution is 0.340. The maximum atomic E-state index is 13.8. The Balaban J connectivity index is 1.56. The van der Waals surface area contributed by atoms with Crippen LogP contribution < -0.4 is 5.69 Å². The smallest absolute Gasteiger partial charge is 0.293 e. The summed E-state index contributed by atoms with van der Waals surface area (Å²) in [5.41, 5.74) is 6.57. The lowest BCUT2D eigenvalue weighted by Gasteiger charge is -2.23. The minimum atomic E-state index is 0.133. The second-order valence-corrected chi connectivity index (χ2v) is 9.65. The molecule has 0 bridgehead atoms. The van der Waals surface area contributed by atoms with Crippen LogP contribution in [0.5, 0.6) is 0 Å². The number of hydrogen-bond donors (Lipinski definition) is 1. The second kappa shape index (κ2) is 10.4. The number of hydrogen-bond acceptors (Lipinski definition) is 4. The molecule has 4 aromatic rings. The van der Waals surface area contributed by atoms with Crippen molar-refractivity contribution < 1.29 is 0 Å². The van der Waals surface area contributed by atoms with E-state index in [1.165, 1.54) is 25.0 Å². The minimum Gasteiger partial charge on any atom is -0.293 e. The van der Waals surface area contributed by atoms with Crippen LogP contribution in [0.4, 0.5) is 0 Å². The summed E-state index contributed by atoms with van der Waals surface area (Å²) in [6.07, 6.45) is 9.02. The first-order valence-corrected chi connectivity index (χ1v) is 12.9. The van der Waals surface area contributed by atoms with Crippen LogP contribution in [0.15, 0.2) is 53.3 Å². The maximum absolute atomic E-state index is 13.8. The molecule has 5 rings (SSSR count). The Hall–Kier alpha value is -3.48. The number of nitrogens with zero attached hydrogens (tertiary/aromatic N) is 5. The largest absolute Gasteiger partial charge is 0.329 e. The van der Waals surface area contributed by atoms with Crippen molar-refractivity contribution in [2.45, 2.75) is 77.8 Å². The lowest BCUT2D eigenvalue weighted by Crippen LogP contribution is -2.29. The average Bonchev–Trinajstić information content (AvgIpc) is 3.51. The summed E-state index contributed by atoms with van der Waals surface area (Å²) in [7, 11) is 0. The van der Waals surface area contributed by atoms with Crippen LogP contribution in [0.3, 0.4) is 0 Å². The van der Waals surface area contributed by atoms with E-state index < -0.39 is 0 Å². The molecule has 1 N–H and O–H groups in total. The summed E-state index contributed by atoms with van der Waals surface area (Å²) in [5, 5.41) is 14.9. The molecule has 0 unspecified atom stereocenters. The van der Waals surface area contributed by atoms with Crippen LogP contribution in [0.25, 0.3) is 22.5 Å². The van der Waals surface area contributed by atoms with Gasteiger partial charge < -0.3 is 0 Å². The number of benzene rings is 2. The fourth-order valence-electron chi connectivity index (χ4n) is 5.52. The third-order valence-electron chi connectivity index (χ3n) is 7.34. The SMILES string of the molecule is CCCCc1c(C)n(C2CCCCC2)c(=O)n1Cc1ccc(-c2ccccc2)c(-c2nn[nH]n2)c1. The van der Waals surface area contributed by atoms with Gasteiger partial charge in [0, 0.05) is 23.0 Å². The van der Waals surface area contributed by atoms with E-state index in [1.54, 1.807) is 0 Å². The summed E-state index contributed by atoms with van der Waals surface area (Å²) < 4.78 is 4.11. The third kappa shape index (κ3) is 4.72. The molecule has 1 aliphatic rings. The van der Waals surface area contributed by atoms with E-state index in [-0.39, 0.29) is 5.69 Å². The maximum Gasteiger partial charge on any atom is 0.329 e. The van der Waals surface area contributed by atoms with E-state index in [2.05, 4.69) is 69.4 Å². The van der Waals surface area contributed by atoms with E-state index in [4.69, 9.17) is 0 Å². The molecule has 1 saturated carbocycles. The molecule has 35 heavy (non-hydrogen) atoms. The number of unbranched alkanes of at least 4 members (excludes halogenated alkanes) is 1. The molecule has 0 aliphatic heterocycles. The zero-order chi connectivity index (χ0) is 24.2. The van der Waals surface area contributed by atoms with Gasteiger partial charge in [-0.1, -0.05) is 75.1 Å². The number of tetrazole rings is 1. The normalized spacial score (nSPS) is 14.5. The lowest BCUT2D eigenvalue weighted by atomic mass is 9.95. The van der Waals surface area contributed by atoms with Crippen molar-refractivity contribution in [3.8, 4) is 22.5 Å². The number of H-pyrrole nitrogens is 1. The summed E-state index contributed by atoms with van der Waals surface area (Å²) in [6, 6.07) is 16.9. The fraction of sp³-hybridized carbons (Fsp3) is 0.429. The van der Waals surface area contributed by atoms with Gasteiger partial charge >= 0.3 is 5.69 Å². The summed E-state index contributed by atoms with van der Waals surface area (Å²) in [5.74, 6) is 0.556. The Labute approximate surface area is 206 Å². The van der Waals surface area contributed by atoms with Crippen molar-refractivity contribution in [1.82, 2.24) is 29.8 Å². The Kier molecular flexibility index (Phi) is 6.93.